The highest BCUT2D eigenvalue weighted by Crippen LogP contribution is 2.39. The zero-order valence-electron chi connectivity index (χ0n) is 18.1. The van der Waals surface area contributed by atoms with E-state index in [0.29, 0.717) is 12.3 Å². The van der Waals surface area contributed by atoms with Crippen molar-refractivity contribution < 1.29 is 14.3 Å². The smallest absolute Gasteiger partial charge is 0.231 e. The largest absolute Gasteiger partial charge is 0.454 e. The minimum atomic E-state index is -0.0836. The first-order valence-electron chi connectivity index (χ1n) is 10.8. The molecule has 1 aromatic heterocycles. The third kappa shape index (κ3) is 3.89. The molecule has 2 atom stereocenters. The van der Waals surface area contributed by atoms with Crippen LogP contribution in [0.2, 0.25) is 0 Å². The van der Waals surface area contributed by atoms with Gasteiger partial charge in [0.25, 0.3) is 0 Å². The fraction of sp³-hybridized carbons (Fsp3) is 0.400. The van der Waals surface area contributed by atoms with Gasteiger partial charge in [-0.3, -0.25) is 4.79 Å². The van der Waals surface area contributed by atoms with Gasteiger partial charge < -0.3 is 19.8 Å². The van der Waals surface area contributed by atoms with Gasteiger partial charge in [-0.1, -0.05) is 45.0 Å². The maximum absolute atomic E-state index is 13.0. The minimum Gasteiger partial charge on any atom is -0.454 e. The highest BCUT2D eigenvalue weighted by atomic mass is 16.7. The van der Waals surface area contributed by atoms with Crippen LogP contribution in [0.5, 0.6) is 11.5 Å². The number of amides is 1. The molecule has 1 amide bonds. The number of aromatic nitrogens is 1. The van der Waals surface area contributed by atoms with Crippen LogP contribution in [0.3, 0.4) is 0 Å². The number of carbonyl (C=O) groups excluding carboxylic acids is 1. The number of hydrogen-bond acceptors (Lipinski definition) is 3. The van der Waals surface area contributed by atoms with Crippen molar-refractivity contribution in [1.29, 1.82) is 0 Å². The van der Waals surface area contributed by atoms with Gasteiger partial charge in [0.15, 0.2) is 11.5 Å². The van der Waals surface area contributed by atoms with Crippen molar-refractivity contribution in [2.24, 2.45) is 5.92 Å². The van der Waals surface area contributed by atoms with Gasteiger partial charge >= 0.3 is 0 Å². The lowest BCUT2D eigenvalue weighted by molar-refractivity contribution is -0.122. The number of nitrogens with one attached hydrogen (secondary N) is 2. The van der Waals surface area contributed by atoms with Crippen LogP contribution < -0.4 is 14.8 Å². The van der Waals surface area contributed by atoms with E-state index in [9.17, 15) is 4.79 Å². The van der Waals surface area contributed by atoms with Gasteiger partial charge in [-0.15, -0.1) is 0 Å². The summed E-state index contributed by atoms with van der Waals surface area (Å²) in [6, 6.07) is 12.5. The molecule has 3 aromatic rings. The predicted octanol–water partition coefficient (Wildman–Crippen LogP) is 5.14. The molecule has 0 aliphatic carbocycles. The number of rotatable bonds is 7. The summed E-state index contributed by atoms with van der Waals surface area (Å²) in [5, 5.41) is 4.33. The third-order valence-corrected chi connectivity index (χ3v) is 6.17. The number of aryl methyl sites for hydroxylation is 1. The van der Waals surface area contributed by atoms with E-state index in [2.05, 4.69) is 62.4 Å². The molecule has 2 heterocycles. The molecule has 0 unspecified atom stereocenters. The standard InChI is InChI=1S/C25H30N2O3/c1-5-17-7-6-8-19-21(13-26-25(17)19)20(12-24(28)27-16(4)15(2)3)18-9-10-22-23(11-18)30-14-29-22/h6-11,13,15-16,20,26H,5,12,14H2,1-4H3,(H,27,28)/t16-,20-/m1/s1. The van der Waals surface area contributed by atoms with E-state index in [-0.39, 0.29) is 24.7 Å². The molecule has 30 heavy (non-hydrogen) atoms. The zero-order valence-corrected chi connectivity index (χ0v) is 18.1. The quantitative estimate of drug-likeness (QED) is 0.571. The first-order valence-corrected chi connectivity index (χ1v) is 10.8. The average molecular weight is 407 g/mol. The molecule has 2 aromatic carbocycles. The van der Waals surface area contributed by atoms with Gasteiger partial charge in [0.2, 0.25) is 12.7 Å². The van der Waals surface area contributed by atoms with Crippen LogP contribution in [0.15, 0.2) is 42.6 Å². The van der Waals surface area contributed by atoms with Crippen LogP contribution in [-0.4, -0.2) is 23.7 Å². The summed E-state index contributed by atoms with van der Waals surface area (Å²) in [6.07, 6.45) is 3.39. The van der Waals surface area contributed by atoms with Gasteiger partial charge in [0.05, 0.1) is 0 Å². The van der Waals surface area contributed by atoms with Crippen molar-refractivity contribution in [3.8, 4) is 11.5 Å². The number of hydrogen-bond donors (Lipinski definition) is 2. The summed E-state index contributed by atoms with van der Waals surface area (Å²) >= 11 is 0. The van der Waals surface area contributed by atoms with Crippen molar-refractivity contribution in [3.05, 3.63) is 59.3 Å². The Kier molecular flexibility index (Phi) is 5.71. The Morgan fingerprint density at radius 2 is 1.93 bits per heavy atom. The van der Waals surface area contributed by atoms with Crippen LogP contribution in [0.4, 0.5) is 0 Å². The molecule has 4 rings (SSSR count). The van der Waals surface area contributed by atoms with Crippen molar-refractivity contribution in [3.63, 3.8) is 0 Å². The minimum absolute atomic E-state index is 0.0554. The Morgan fingerprint density at radius 3 is 2.70 bits per heavy atom. The molecule has 0 radical (unpaired) electrons. The Morgan fingerprint density at radius 1 is 1.13 bits per heavy atom. The summed E-state index contributed by atoms with van der Waals surface area (Å²) in [4.78, 5) is 16.4. The van der Waals surface area contributed by atoms with Crippen LogP contribution in [0.25, 0.3) is 10.9 Å². The van der Waals surface area contributed by atoms with Crippen LogP contribution >= 0.6 is 0 Å². The second-order valence-corrected chi connectivity index (χ2v) is 8.41. The first kappa shape index (κ1) is 20.3. The van der Waals surface area contributed by atoms with Gasteiger partial charge in [-0.2, -0.15) is 0 Å². The van der Waals surface area contributed by atoms with E-state index in [1.54, 1.807) is 0 Å². The first-order chi connectivity index (χ1) is 14.5. The van der Waals surface area contributed by atoms with Crippen molar-refractivity contribution in [1.82, 2.24) is 10.3 Å². The number of ether oxygens (including phenoxy) is 2. The summed E-state index contributed by atoms with van der Waals surface area (Å²) in [6.45, 7) is 8.68. The van der Waals surface area contributed by atoms with Crippen molar-refractivity contribution in [2.75, 3.05) is 6.79 Å². The lowest BCUT2D eigenvalue weighted by atomic mass is 9.87. The molecule has 0 saturated carbocycles. The van der Waals surface area contributed by atoms with E-state index < -0.39 is 0 Å². The Hall–Kier alpha value is -2.95. The molecule has 158 valence electrons. The second kappa shape index (κ2) is 8.42. The molecule has 5 heteroatoms. The van der Waals surface area contributed by atoms with E-state index >= 15 is 0 Å². The SMILES string of the molecule is CCc1cccc2c([C@H](CC(=O)N[C@H](C)C(C)C)c3ccc4c(c3)OCO4)c[nH]c12. The summed E-state index contributed by atoms with van der Waals surface area (Å²) < 4.78 is 11.1. The van der Waals surface area contributed by atoms with Gasteiger partial charge in [-0.25, -0.2) is 0 Å². The van der Waals surface area contributed by atoms with Gasteiger partial charge in [-0.05, 0) is 48.1 Å². The van der Waals surface area contributed by atoms with Crippen molar-refractivity contribution in [2.45, 2.75) is 52.5 Å². The Bertz CT molecular complexity index is 1050. The average Bonchev–Trinajstić information content (AvgIpc) is 3.38. The summed E-state index contributed by atoms with van der Waals surface area (Å²) in [7, 11) is 0. The van der Waals surface area contributed by atoms with Gasteiger partial charge in [0.1, 0.15) is 0 Å². The molecule has 2 N–H and O–H groups in total. The fourth-order valence-electron chi connectivity index (χ4n) is 4.02. The van der Waals surface area contributed by atoms with Gasteiger partial charge in [0, 0.05) is 35.5 Å². The molecule has 0 saturated heterocycles. The lowest BCUT2D eigenvalue weighted by Gasteiger charge is -2.21. The maximum Gasteiger partial charge on any atom is 0.231 e. The maximum atomic E-state index is 13.0. The molecular formula is C25H30N2O3. The third-order valence-electron chi connectivity index (χ3n) is 6.17. The second-order valence-electron chi connectivity index (χ2n) is 8.41. The number of H-pyrrole nitrogens is 1. The topological polar surface area (TPSA) is 63.4 Å². The van der Waals surface area contributed by atoms with E-state index in [0.717, 1.165) is 34.6 Å². The number of aromatic amines is 1. The number of carbonyl (C=O) groups is 1. The lowest BCUT2D eigenvalue weighted by Crippen LogP contribution is -2.36. The predicted molar refractivity (Wildman–Crippen MR) is 119 cm³/mol. The Balaban J connectivity index is 1.73. The molecular weight excluding hydrogens is 376 g/mol. The zero-order chi connectivity index (χ0) is 21.3. The number of benzene rings is 2. The number of fused-ring (bicyclic) bond motifs is 2. The van der Waals surface area contributed by atoms with Crippen LogP contribution in [0.1, 0.15) is 56.7 Å². The molecule has 0 fully saturated rings. The van der Waals surface area contributed by atoms with E-state index in [1.807, 2.05) is 18.2 Å². The molecule has 1 aliphatic rings. The molecule has 5 nitrogen and oxygen atoms in total. The monoisotopic (exact) mass is 406 g/mol. The fourth-order valence-corrected chi connectivity index (χ4v) is 4.02. The molecule has 1 aliphatic heterocycles. The highest BCUT2D eigenvalue weighted by Gasteiger charge is 2.25. The molecule has 0 spiro atoms. The molecule has 0 bridgehead atoms. The summed E-state index contributed by atoms with van der Waals surface area (Å²) in [5.74, 6) is 1.85. The summed E-state index contributed by atoms with van der Waals surface area (Å²) in [5.41, 5.74) is 4.61. The van der Waals surface area contributed by atoms with Crippen molar-refractivity contribution >= 4 is 16.8 Å². The van der Waals surface area contributed by atoms with E-state index in [4.69, 9.17) is 9.47 Å². The van der Waals surface area contributed by atoms with Crippen LogP contribution in [0, 0.1) is 5.92 Å². The normalized spacial score (nSPS) is 14.8. The van der Waals surface area contributed by atoms with Crippen LogP contribution in [-0.2, 0) is 11.2 Å². The highest BCUT2D eigenvalue weighted by molar-refractivity contribution is 5.88. The number of para-hydroxylation sites is 1. The van der Waals surface area contributed by atoms with E-state index in [1.165, 1.54) is 10.9 Å². The Labute approximate surface area is 177 Å².